The molecule has 4 rings (SSSR count). The Bertz CT molecular complexity index is 1060. The van der Waals surface area contributed by atoms with Crippen LogP contribution in [0.5, 0.6) is 0 Å². The van der Waals surface area contributed by atoms with Gasteiger partial charge in [0.05, 0.1) is 5.39 Å². The third kappa shape index (κ3) is 3.21. The predicted molar refractivity (Wildman–Crippen MR) is 107 cm³/mol. The molecule has 0 fully saturated rings. The number of carbonyl (C=O) groups excluding carboxylic acids is 1. The van der Waals surface area contributed by atoms with Crippen molar-refractivity contribution in [3.8, 4) is 10.4 Å². The van der Waals surface area contributed by atoms with Gasteiger partial charge in [0.25, 0.3) is 0 Å². The molecule has 1 N–H and O–H groups in total. The fourth-order valence-electron chi connectivity index (χ4n) is 2.91. The summed E-state index contributed by atoms with van der Waals surface area (Å²) in [6.45, 7) is 2.12. The molecule has 5 heteroatoms. The van der Waals surface area contributed by atoms with Crippen LogP contribution < -0.4 is 5.32 Å². The van der Waals surface area contributed by atoms with E-state index >= 15 is 0 Å². The first-order valence-corrected chi connectivity index (χ1v) is 9.18. The van der Waals surface area contributed by atoms with E-state index in [0.717, 1.165) is 32.8 Å². The van der Waals surface area contributed by atoms with Gasteiger partial charge in [0.2, 0.25) is 0 Å². The van der Waals surface area contributed by atoms with E-state index in [4.69, 9.17) is 0 Å². The Balaban J connectivity index is 1.70. The highest BCUT2D eigenvalue weighted by atomic mass is 32.1. The Morgan fingerprint density at radius 2 is 1.88 bits per heavy atom. The number of benzene rings is 2. The zero-order valence-electron chi connectivity index (χ0n) is 14.2. The fourth-order valence-corrected chi connectivity index (χ4v) is 3.90. The number of rotatable bonds is 5. The van der Waals surface area contributed by atoms with Gasteiger partial charge in [0.15, 0.2) is 0 Å². The van der Waals surface area contributed by atoms with Gasteiger partial charge in [-0.3, -0.25) is 4.79 Å². The number of aromatic nitrogens is 2. The molecular formula is C21H17N3OS. The van der Waals surface area contributed by atoms with Gasteiger partial charge in [-0.2, -0.15) is 0 Å². The van der Waals surface area contributed by atoms with E-state index in [0.29, 0.717) is 5.56 Å². The zero-order valence-corrected chi connectivity index (χ0v) is 15.0. The van der Waals surface area contributed by atoms with Gasteiger partial charge >= 0.3 is 0 Å². The molecule has 0 spiro atoms. The van der Waals surface area contributed by atoms with E-state index in [9.17, 15) is 4.79 Å². The lowest BCUT2D eigenvalue weighted by molar-refractivity contribution is 0.112. The van der Waals surface area contributed by atoms with Gasteiger partial charge in [-0.25, -0.2) is 9.97 Å². The van der Waals surface area contributed by atoms with E-state index in [1.54, 1.807) is 23.7 Å². The minimum absolute atomic E-state index is 0.135. The van der Waals surface area contributed by atoms with E-state index in [1.807, 2.05) is 36.4 Å². The van der Waals surface area contributed by atoms with Crippen LogP contribution in [0.3, 0.4) is 0 Å². The average molecular weight is 359 g/mol. The summed E-state index contributed by atoms with van der Waals surface area (Å²) in [4.78, 5) is 21.9. The number of hydrogen-bond acceptors (Lipinski definition) is 5. The number of aldehydes is 1. The molecule has 0 aliphatic rings. The lowest BCUT2D eigenvalue weighted by atomic mass is 10.1. The van der Waals surface area contributed by atoms with Crippen LogP contribution in [0.4, 0.5) is 5.82 Å². The van der Waals surface area contributed by atoms with Crippen molar-refractivity contribution in [2.24, 2.45) is 0 Å². The maximum absolute atomic E-state index is 11.0. The summed E-state index contributed by atoms with van der Waals surface area (Å²) in [6.07, 6.45) is 2.45. The summed E-state index contributed by atoms with van der Waals surface area (Å²) in [5, 5.41) is 4.48. The highest BCUT2D eigenvalue weighted by Crippen LogP contribution is 2.36. The molecule has 2 aromatic heterocycles. The third-order valence-corrected chi connectivity index (χ3v) is 5.38. The first kappa shape index (κ1) is 16.4. The molecule has 128 valence electrons. The Morgan fingerprint density at radius 1 is 1.04 bits per heavy atom. The van der Waals surface area contributed by atoms with E-state index in [1.165, 1.54) is 5.56 Å². The van der Waals surface area contributed by atoms with Crippen LogP contribution in [0.1, 0.15) is 28.9 Å². The molecule has 4 aromatic rings. The largest absolute Gasteiger partial charge is 0.363 e. The van der Waals surface area contributed by atoms with Gasteiger partial charge in [-0.15, -0.1) is 11.3 Å². The number of nitrogens with zero attached hydrogens (tertiary/aromatic N) is 2. The van der Waals surface area contributed by atoms with Crippen molar-refractivity contribution >= 4 is 33.7 Å². The second kappa shape index (κ2) is 7.06. The molecule has 0 bridgehead atoms. The van der Waals surface area contributed by atoms with Gasteiger partial charge in [0, 0.05) is 16.5 Å². The van der Waals surface area contributed by atoms with Crippen molar-refractivity contribution in [3.05, 3.63) is 78.1 Å². The molecule has 0 radical (unpaired) electrons. The van der Waals surface area contributed by atoms with Crippen LogP contribution in [0.15, 0.2) is 67.0 Å². The monoisotopic (exact) mass is 359 g/mol. The molecule has 0 saturated carbocycles. The fraction of sp³-hybridized carbons (Fsp3) is 0.0952. The molecular weight excluding hydrogens is 342 g/mol. The van der Waals surface area contributed by atoms with E-state index in [2.05, 4.69) is 40.4 Å². The maximum Gasteiger partial charge on any atom is 0.150 e. The Hall–Kier alpha value is -3.05. The van der Waals surface area contributed by atoms with Crippen molar-refractivity contribution < 1.29 is 4.79 Å². The van der Waals surface area contributed by atoms with Gasteiger partial charge in [-0.1, -0.05) is 48.5 Å². The Kier molecular flexibility index (Phi) is 4.46. The van der Waals surface area contributed by atoms with Crippen molar-refractivity contribution in [2.45, 2.75) is 13.0 Å². The Morgan fingerprint density at radius 3 is 2.69 bits per heavy atom. The average Bonchev–Trinajstić information content (AvgIpc) is 3.14. The summed E-state index contributed by atoms with van der Waals surface area (Å²) >= 11 is 1.60. The topological polar surface area (TPSA) is 54.9 Å². The number of carbonyl (C=O) groups is 1. The summed E-state index contributed by atoms with van der Waals surface area (Å²) in [5.41, 5.74) is 2.88. The van der Waals surface area contributed by atoms with Crippen LogP contribution in [-0.2, 0) is 0 Å². The van der Waals surface area contributed by atoms with Crippen LogP contribution in [-0.4, -0.2) is 16.3 Å². The molecule has 0 amide bonds. The molecule has 0 saturated heterocycles. The van der Waals surface area contributed by atoms with E-state index < -0.39 is 0 Å². The molecule has 26 heavy (non-hydrogen) atoms. The minimum Gasteiger partial charge on any atom is -0.363 e. The van der Waals surface area contributed by atoms with Crippen LogP contribution in [0, 0.1) is 0 Å². The van der Waals surface area contributed by atoms with Gasteiger partial charge < -0.3 is 5.32 Å². The summed E-state index contributed by atoms with van der Waals surface area (Å²) in [6, 6.07) is 20.1. The second-order valence-corrected chi connectivity index (χ2v) is 7.10. The second-order valence-electron chi connectivity index (χ2n) is 6.07. The highest BCUT2D eigenvalue weighted by molar-refractivity contribution is 7.21. The van der Waals surface area contributed by atoms with Crippen LogP contribution >= 0.6 is 11.3 Å². The highest BCUT2D eigenvalue weighted by Gasteiger charge is 2.13. The number of thiophene rings is 1. The summed E-state index contributed by atoms with van der Waals surface area (Å²) in [5.74, 6) is 0.820. The molecule has 0 unspecified atom stereocenters. The lowest BCUT2D eigenvalue weighted by Gasteiger charge is -2.15. The van der Waals surface area contributed by atoms with Gasteiger partial charge in [0.1, 0.15) is 23.3 Å². The quantitative estimate of drug-likeness (QED) is 0.488. The third-order valence-electron chi connectivity index (χ3n) is 4.29. The van der Waals surface area contributed by atoms with Crippen molar-refractivity contribution in [1.82, 2.24) is 9.97 Å². The molecule has 0 aliphatic heterocycles. The molecule has 2 aromatic carbocycles. The number of nitrogens with one attached hydrogen (secondary N) is 1. The summed E-state index contributed by atoms with van der Waals surface area (Å²) in [7, 11) is 0. The molecule has 4 nitrogen and oxygen atoms in total. The molecule has 0 aliphatic carbocycles. The number of fused-ring (bicyclic) bond motifs is 1. The molecule has 1 atom stereocenters. The zero-order chi connectivity index (χ0) is 17.9. The smallest absolute Gasteiger partial charge is 0.150 e. The van der Waals surface area contributed by atoms with Crippen molar-refractivity contribution in [3.63, 3.8) is 0 Å². The van der Waals surface area contributed by atoms with Crippen LogP contribution in [0.25, 0.3) is 20.7 Å². The maximum atomic E-state index is 11.0. The number of anilines is 1. The first-order valence-electron chi connectivity index (χ1n) is 8.36. The van der Waals surface area contributed by atoms with Crippen molar-refractivity contribution in [1.29, 1.82) is 0 Å². The lowest BCUT2D eigenvalue weighted by Crippen LogP contribution is -2.08. The predicted octanol–water partition coefficient (Wildman–Crippen LogP) is 5.34. The van der Waals surface area contributed by atoms with E-state index in [-0.39, 0.29) is 6.04 Å². The SMILES string of the molecule is C[C@@H](Nc1ncnc2sc(-c3cccc(C=O)c3)cc12)c1ccccc1. The summed E-state index contributed by atoms with van der Waals surface area (Å²) < 4.78 is 0. The Labute approximate surface area is 155 Å². The van der Waals surface area contributed by atoms with Crippen LogP contribution in [0.2, 0.25) is 0 Å². The van der Waals surface area contributed by atoms with Gasteiger partial charge in [-0.05, 0) is 30.2 Å². The normalized spacial score (nSPS) is 12.0. The van der Waals surface area contributed by atoms with Crippen molar-refractivity contribution in [2.75, 3.05) is 5.32 Å². The molecule has 2 heterocycles. The standard InChI is InChI=1S/C21H17N3OS/c1-14(16-7-3-2-4-8-16)24-20-18-11-19(26-21(18)23-13-22-20)17-9-5-6-15(10-17)12-25/h2-14H,1H3,(H,22,23,24)/t14-/m1/s1. The minimum atomic E-state index is 0.135. The first-order chi connectivity index (χ1) is 12.7. The number of hydrogen-bond donors (Lipinski definition) is 1.